The van der Waals surface area contributed by atoms with Crippen molar-refractivity contribution in [2.45, 2.75) is 52.1 Å². The average molecular weight is 328 g/mol. The highest BCUT2D eigenvalue weighted by molar-refractivity contribution is 9.10. The Morgan fingerprint density at radius 1 is 1.47 bits per heavy atom. The Labute approximate surface area is 123 Å². The highest BCUT2D eigenvalue weighted by Gasteiger charge is 2.21. The van der Waals surface area contributed by atoms with Gasteiger partial charge < -0.3 is 10.1 Å². The van der Waals surface area contributed by atoms with Gasteiger partial charge in [0.25, 0.3) is 0 Å². The van der Waals surface area contributed by atoms with Crippen LogP contribution in [0.1, 0.15) is 46.0 Å². The van der Waals surface area contributed by atoms with Crippen LogP contribution in [0.15, 0.2) is 10.7 Å². The molecule has 0 radical (unpaired) electrons. The first-order valence-electron chi connectivity index (χ1n) is 7.12. The molecule has 0 spiro atoms. The fourth-order valence-electron chi connectivity index (χ4n) is 2.40. The van der Waals surface area contributed by atoms with E-state index in [1.54, 1.807) is 6.20 Å². The first kappa shape index (κ1) is 14.6. The van der Waals surface area contributed by atoms with Crippen LogP contribution in [0.5, 0.6) is 5.88 Å². The van der Waals surface area contributed by atoms with E-state index in [4.69, 9.17) is 4.74 Å². The molecule has 2 unspecified atom stereocenters. The molecular weight excluding hydrogens is 306 g/mol. The maximum Gasteiger partial charge on any atom is 0.233 e. The molecule has 0 amide bonds. The molecule has 19 heavy (non-hydrogen) atoms. The highest BCUT2D eigenvalue weighted by atomic mass is 79.9. The van der Waals surface area contributed by atoms with E-state index in [-0.39, 0.29) is 6.10 Å². The Morgan fingerprint density at radius 2 is 2.32 bits per heavy atom. The molecule has 1 aromatic rings. The van der Waals surface area contributed by atoms with Crippen LogP contribution >= 0.6 is 15.9 Å². The van der Waals surface area contributed by atoms with Crippen molar-refractivity contribution >= 4 is 21.9 Å². The second-order valence-corrected chi connectivity index (χ2v) is 6.14. The summed E-state index contributed by atoms with van der Waals surface area (Å²) in [5, 5.41) is 3.18. The van der Waals surface area contributed by atoms with Gasteiger partial charge in [-0.25, -0.2) is 4.98 Å². The van der Waals surface area contributed by atoms with Crippen LogP contribution in [0.2, 0.25) is 0 Å². The number of hydrogen-bond acceptors (Lipinski definition) is 4. The van der Waals surface area contributed by atoms with E-state index in [9.17, 15) is 0 Å². The minimum absolute atomic E-state index is 0.286. The lowest BCUT2D eigenvalue weighted by molar-refractivity contribution is 0.123. The van der Waals surface area contributed by atoms with Crippen molar-refractivity contribution in [1.29, 1.82) is 0 Å². The number of nitrogens with zero attached hydrogens (tertiary/aromatic N) is 2. The SMILES string of the molecule is CCCNc1ncc(Br)c(OC2CCCC(C)C2)n1. The number of halogens is 1. The summed E-state index contributed by atoms with van der Waals surface area (Å²) >= 11 is 3.46. The van der Waals surface area contributed by atoms with Crippen molar-refractivity contribution < 1.29 is 4.74 Å². The third kappa shape index (κ3) is 4.34. The molecule has 0 bridgehead atoms. The van der Waals surface area contributed by atoms with E-state index in [1.807, 2.05) is 0 Å². The van der Waals surface area contributed by atoms with Gasteiger partial charge in [-0.1, -0.05) is 20.3 Å². The molecule has 0 aliphatic heterocycles. The fourth-order valence-corrected chi connectivity index (χ4v) is 2.68. The Kier molecular flexibility index (Phi) is 5.43. The van der Waals surface area contributed by atoms with E-state index in [1.165, 1.54) is 12.8 Å². The largest absolute Gasteiger partial charge is 0.473 e. The number of nitrogens with one attached hydrogen (secondary N) is 1. The summed E-state index contributed by atoms with van der Waals surface area (Å²) in [7, 11) is 0. The molecule has 1 aliphatic rings. The standard InChI is InChI=1S/C14H22BrN3O/c1-3-7-16-14-17-9-12(15)13(18-14)19-11-6-4-5-10(2)8-11/h9-11H,3-8H2,1-2H3,(H,16,17,18). The van der Waals surface area contributed by atoms with Crippen molar-refractivity contribution in [2.75, 3.05) is 11.9 Å². The highest BCUT2D eigenvalue weighted by Crippen LogP contribution is 2.30. The molecule has 1 N–H and O–H groups in total. The van der Waals surface area contributed by atoms with Gasteiger partial charge in [0.2, 0.25) is 11.8 Å². The van der Waals surface area contributed by atoms with Crippen LogP contribution in [-0.4, -0.2) is 22.6 Å². The summed E-state index contributed by atoms with van der Waals surface area (Å²) < 4.78 is 6.87. The summed E-state index contributed by atoms with van der Waals surface area (Å²) in [5.41, 5.74) is 0. The molecule has 1 aromatic heterocycles. The number of hydrogen-bond donors (Lipinski definition) is 1. The van der Waals surface area contributed by atoms with Crippen molar-refractivity contribution in [3.8, 4) is 5.88 Å². The van der Waals surface area contributed by atoms with Crippen molar-refractivity contribution in [2.24, 2.45) is 5.92 Å². The number of anilines is 1. The van der Waals surface area contributed by atoms with Crippen LogP contribution in [0.25, 0.3) is 0 Å². The van der Waals surface area contributed by atoms with E-state index >= 15 is 0 Å². The predicted molar refractivity (Wildman–Crippen MR) is 80.6 cm³/mol. The molecule has 0 saturated heterocycles. The lowest BCUT2D eigenvalue weighted by Gasteiger charge is -2.27. The molecule has 5 heteroatoms. The summed E-state index contributed by atoms with van der Waals surface area (Å²) in [5.74, 6) is 2.05. The first-order valence-corrected chi connectivity index (χ1v) is 7.91. The molecule has 106 valence electrons. The molecule has 0 aromatic carbocycles. The first-order chi connectivity index (χ1) is 9.19. The van der Waals surface area contributed by atoms with Gasteiger partial charge in [0, 0.05) is 6.54 Å². The predicted octanol–water partition coefficient (Wildman–Crippen LogP) is 4.02. The molecule has 1 aliphatic carbocycles. The minimum atomic E-state index is 0.286. The van der Waals surface area contributed by atoms with Crippen LogP contribution in [0.3, 0.4) is 0 Å². The lowest BCUT2D eigenvalue weighted by Crippen LogP contribution is -2.24. The van der Waals surface area contributed by atoms with Gasteiger partial charge in [0.15, 0.2) is 0 Å². The van der Waals surface area contributed by atoms with Crippen molar-refractivity contribution in [3.63, 3.8) is 0 Å². The number of aromatic nitrogens is 2. The smallest absolute Gasteiger partial charge is 0.233 e. The third-order valence-corrected chi connectivity index (χ3v) is 3.96. The molecule has 2 rings (SSSR count). The third-order valence-electron chi connectivity index (χ3n) is 3.41. The number of ether oxygens (including phenoxy) is 1. The zero-order valence-corrected chi connectivity index (χ0v) is 13.2. The lowest BCUT2D eigenvalue weighted by atomic mass is 9.89. The molecular formula is C14H22BrN3O. The van der Waals surface area contributed by atoms with Gasteiger partial charge in [0.05, 0.1) is 10.7 Å². The Bertz CT molecular complexity index is 414. The Morgan fingerprint density at radius 3 is 3.05 bits per heavy atom. The zero-order valence-electron chi connectivity index (χ0n) is 11.7. The average Bonchev–Trinajstić information content (AvgIpc) is 2.40. The fraction of sp³-hybridized carbons (Fsp3) is 0.714. The minimum Gasteiger partial charge on any atom is -0.473 e. The van der Waals surface area contributed by atoms with Crippen LogP contribution in [0, 0.1) is 5.92 Å². The second-order valence-electron chi connectivity index (χ2n) is 5.29. The summed E-state index contributed by atoms with van der Waals surface area (Å²) in [6.07, 6.45) is 7.90. The second kappa shape index (κ2) is 7.08. The van der Waals surface area contributed by atoms with Gasteiger partial charge in [-0.3, -0.25) is 0 Å². The Balaban J connectivity index is 2.01. The number of rotatable bonds is 5. The van der Waals surface area contributed by atoms with Gasteiger partial charge in [-0.2, -0.15) is 4.98 Å². The van der Waals surface area contributed by atoms with E-state index in [2.05, 4.69) is 45.1 Å². The van der Waals surface area contributed by atoms with Crippen molar-refractivity contribution in [3.05, 3.63) is 10.7 Å². The summed E-state index contributed by atoms with van der Waals surface area (Å²) in [6, 6.07) is 0. The van der Waals surface area contributed by atoms with E-state index in [0.29, 0.717) is 11.8 Å². The maximum absolute atomic E-state index is 6.04. The van der Waals surface area contributed by atoms with Crippen LogP contribution < -0.4 is 10.1 Å². The molecule has 1 heterocycles. The normalized spacial score (nSPS) is 23.1. The molecule has 2 atom stereocenters. The van der Waals surface area contributed by atoms with E-state index < -0.39 is 0 Å². The summed E-state index contributed by atoms with van der Waals surface area (Å²) in [6.45, 7) is 5.28. The quantitative estimate of drug-likeness (QED) is 0.887. The van der Waals surface area contributed by atoms with Gasteiger partial charge in [-0.15, -0.1) is 0 Å². The van der Waals surface area contributed by atoms with Gasteiger partial charge >= 0.3 is 0 Å². The van der Waals surface area contributed by atoms with Crippen LogP contribution in [-0.2, 0) is 0 Å². The van der Waals surface area contributed by atoms with Gasteiger partial charge in [0.1, 0.15) is 6.10 Å². The van der Waals surface area contributed by atoms with E-state index in [0.717, 1.165) is 36.2 Å². The van der Waals surface area contributed by atoms with Crippen LogP contribution in [0.4, 0.5) is 5.95 Å². The summed E-state index contributed by atoms with van der Waals surface area (Å²) in [4.78, 5) is 8.67. The topological polar surface area (TPSA) is 47.0 Å². The maximum atomic E-state index is 6.04. The molecule has 1 saturated carbocycles. The molecule has 1 fully saturated rings. The van der Waals surface area contributed by atoms with Crippen molar-refractivity contribution in [1.82, 2.24) is 9.97 Å². The Hall–Kier alpha value is -0.840. The van der Waals surface area contributed by atoms with Gasteiger partial charge in [-0.05, 0) is 47.5 Å². The zero-order chi connectivity index (χ0) is 13.7. The molecule has 4 nitrogen and oxygen atoms in total. The monoisotopic (exact) mass is 327 g/mol.